The van der Waals surface area contributed by atoms with E-state index < -0.39 is 0 Å². The van der Waals surface area contributed by atoms with E-state index in [9.17, 15) is 0 Å². The van der Waals surface area contributed by atoms with E-state index in [0.717, 1.165) is 18.4 Å². The first-order valence-corrected chi connectivity index (χ1v) is 7.41. The SMILES string of the molecule is CCCNC(CC(C)CC(C)C)c1ccccc1. The summed E-state index contributed by atoms with van der Waals surface area (Å²) in [7, 11) is 0. The highest BCUT2D eigenvalue weighted by molar-refractivity contribution is 5.18. The summed E-state index contributed by atoms with van der Waals surface area (Å²) in [6, 6.07) is 11.4. The molecular weight excluding hydrogens is 218 g/mol. The summed E-state index contributed by atoms with van der Waals surface area (Å²) in [6.07, 6.45) is 3.75. The van der Waals surface area contributed by atoms with Crippen molar-refractivity contribution < 1.29 is 0 Å². The van der Waals surface area contributed by atoms with Gasteiger partial charge in [-0.3, -0.25) is 0 Å². The highest BCUT2D eigenvalue weighted by Crippen LogP contribution is 2.25. The molecular formula is C17H29N. The highest BCUT2D eigenvalue weighted by atomic mass is 14.9. The van der Waals surface area contributed by atoms with E-state index in [4.69, 9.17) is 0 Å². The molecule has 102 valence electrons. The maximum Gasteiger partial charge on any atom is 0.0322 e. The van der Waals surface area contributed by atoms with Crippen LogP contribution in [0.1, 0.15) is 58.6 Å². The minimum Gasteiger partial charge on any atom is -0.310 e. The van der Waals surface area contributed by atoms with Crippen LogP contribution in [-0.4, -0.2) is 6.54 Å². The molecule has 0 saturated carbocycles. The normalized spacial score (nSPS) is 14.7. The molecule has 1 nitrogen and oxygen atoms in total. The van der Waals surface area contributed by atoms with Gasteiger partial charge in [-0.15, -0.1) is 0 Å². The van der Waals surface area contributed by atoms with Crippen LogP contribution >= 0.6 is 0 Å². The highest BCUT2D eigenvalue weighted by Gasteiger charge is 2.15. The van der Waals surface area contributed by atoms with Crippen molar-refractivity contribution in [1.82, 2.24) is 5.32 Å². The van der Waals surface area contributed by atoms with Crippen molar-refractivity contribution in [2.75, 3.05) is 6.54 Å². The fraction of sp³-hybridized carbons (Fsp3) is 0.647. The predicted molar refractivity (Wildman–Crippen MR) is 80.7 cm³/mol. The molecule has 0 aliphatic carbocycles. The monoisotopic (exact) mass is 247 g/mol. The van der Waals surface area contributed by atoms with Crippen LogP contribution in [0, 0.1) is 11.8 Å². The lowest BCUT2D eigenvalue weighted by Crippen LogP contribution is -2.24. The van der Waals surface area contributed by atoms with Crippen molar-refractivity contribution in [1.29, 1.82) is 0 Å². The van der Waals surface area contributed by atoms with Gasteiger partial charge in [0.1, 0.15) is 0 Å². The lowest BCUT2D eigenvalue weighted by Gasteiger charge is -2.23. The molecule has 1 N–H and O–H groups in total. The minimum absolute atomic E-state index is 0.514. The molecule has 1 aromatic rings. The van der Waals surface area contributed by atoms with Gasteiger partial charge in [0.15, 0.2) is 0 Å². The van der Waals surface area contributed by atoms with Crippen LogP contribution in [0.3, 0.4) is 0 Å². The first-order valence-electron chi connectivity index (χ1n) is 7.41. The van der Waals surface area contributed by atoms with Gasteiger partial charge in [-0.2, -0.15) is 0 Å². The molecule has 18 heavy (non-hydrogen) atoms. The smallest absolute Gasteiger partial charge is 0.0322 e. The van der Waals surface area contributed by atoms with Crippen LogP contribution < -0.4 is 5.32 Å². The van der Waals surface area contributed by atoms with E-state index in [1.54, 1.807) is 0 Å². The summed E-state index contributed by atoms with van der Waals surface area (Å²) in [5.41, 5.74) is 1.43. The Morgan fingerprint density at radius 1 is 1.00 bits per heavy atom. The fourth-order valence-electron chi connectivity index (χ4n) is 2.64. The molecule has 2 atom stereocenters. The molecule has 2 unspecified atom stereocenters. The van der Waals surface area contributed by atoms with Gasteiger partial charge >= 0.3 is 0 Å². The summed E-state index contributed by atoms with van der Waals surface area (Å²) in [5, 5.41) is 3.69. The first-order chi connectivity index (χ1) is 8.63. The molecule has 0 fully saturated rings. The van der Waals surface area contributed by atoms with Gasteiger partial charge in [-0.05, 0) is 43.2 Å². The molecule has 0 spiro atoms. The van der Waals surface area contributed by atoms with Crippen molar-refractivity contribution in [3.63, 3.8) is 0 Å². The molecule has 0 aliphatic rings. The van der Waals surface area contributed by atoms with Crippen LogP contribution in [0.2, 0.25) is 0 Å². The second-order valence-electron chi connectivity index (χ2n) is 5.89. The van der Waals surface area contributed by atoms with Crippen LogP contribution in [0.25, 0.3) is 0 Å². The summed E-state index contributed by atoms with van der Waals surface area (Å²) in [5.74, 6) is 1.57. The Balaban J connectivity index is 2.61. The van der Waals surface area contributed by atoms with Crippen LogP contribution in [0.15, 0.2) is 30.3 Å². The van der Waals surface area contributed by atoms with Gasteiger partial charge in [-0.1, -0.05) is 58.0 Å². The zero-order chi connectivity index (χ0) is 13.4. The van der Waals surface area contributed by atoms with Gasteiger partial charge in [0, 0.05) is 6.04 Å². The topological polar surface area (TPSA) is 12.0 Å². The zero-order valence-electron chi connectivity index (χ0n) is 12.4. The van der Waals surface area contributed by atoms with Crippen LogP contribution in [0.4, 0.5) is 0 Å². The Morgan fingerprint density at radius 3 is 2.22 bits per heavy atom. The summed E-state index contributed by atoms with van der Waals surface area (Å²) in [6.45, 7) is 10.3. The third-order valence-corrected chi connectivity index (χ3v) is 3.35. The zero-order valence-corrected chi connectivity index (χ0v) is 12.4. The average Bonchev–Trinajstić information content (AvgIpc) is 2.34. The van der Waals surface area contributed by atoms with Gasteiger partial charge in [-0.25, -0.2) is 0 Å². The van der Waals surface area contributed by atoms with E-state index in [1.165, 1.54) is 24.8 Å². The lowest BCUT2D eigenvalue weighted by molar-refractivity contribution is 0.356. The third kappa shape index (κ3) is 5.68. The van der Waals surface area contributed by atoms with Gasteiger partial charge in [0.05, 0.1) is 0 Å². The molecule has 0 aromatic heterocycles. The summed E-state index contributed by atoms with van der Waals surface area (Å²) < 4.78 is 0. The Hall–Kier alpha value is -0.820. The minimum atomic E-state index is 0.514. The van der Waals surface area contributed by atoms with Crippen LogP contribution in [-0.2, 0) is 0 Å². The molecule has 0 saturated heterocycles. The summed E-state index contributed by atoms with van der Waals surface area (Å²) >= 11 is 0. The van der Waals surface area contributed by atoms with Gasteiger partial charge in [0.2, 0.25) is 0 Å². The maximum atomic E-state index is 3.69. The molecule has 0 heterocycles. The number of hydrogen-bond acceptors (Lipinski definition) is 1. The van der Waals surface area contributed by atoms with E-state index in [0.29, 0.717) is 6.04 Å². The Kier molecular flexibility index (Phi) is 7.04. The standard InChI is InChI=1S/C17H29N/c1-5-11-18-17(13-15(4)12-14(2)3)16-9-7-6-8-10-16/h6-10,14-15,17-18H,5,11-13H2,1-4H3. The van der Waals surface area contributed by atoms with E-state index >= 15 is 0 Å². The lowest BCUT2D eigenvalue weighted by atomic mass is 9.90. The maximum absolute atomic E-state index is 3.69. The Morgan fingerprint density at radius 2 is 1.67 bits per heavy atom. The number of nitrogens with one attached hydrogen (secondary N) is 1. The molecule has 1 heteroatoms. The molecule has 0 amide bonds. The van der Waals surface area contributed by atoms with E-state index in [1.807, 2.05) is 0 Å². The fourth-order valence-corrected chi connectivity index (χ4v) is 2.64. The Bertz CT molecular complexity index is 305. The Labute approximate surface area is 113 Å². The molecule has 1 aromatic carbocycles. The average molecular weight is 247 g/mol. The van der Waals surface area contributed by atoms with Gasteiger partial charge in [0.25, 0.3) is 0 Å². The van der Waals surface area contributed by atoms with Gasteiger partial charge < -0.3 is 5.32 Å². The largest absolute Gasteiger partial charge is 0.310 e. The van der Waals surface area contributed by atoms with E-state index in [2.05, 4.69) is 63.3 Å². The third-order valence-electron chi connectivity index (χ3n) is 3.35. The summed E-state index contributed by atoms with van der Waals surface area (Å²) in [4.78, 5) is 0. The van der Waals surface area contributed by atoms with Crippen molar-refractivity contribution in [2.24, 2.45) is 11.8 Å². The molecule has 0 bridgehead atoms. The number of hydrogen-bond donors (Lipinski definition) is 1. The molecule has 0 radical (unpaired) electrons. The number of benzene rings is 1. The second-order valence-corrected chi connectivity index (χ2v) is 5.89. The van der Waals surface area contributed by atoms with Crippen molar-refractivity contribution in [3.05, 3.63) is 35.9 Å². The molecule has 0 aliphatic heterocycles. The first kappa shape index (κ1) is 15.2. The number of rotatable bonds is 8. The molecule has 1 rings (SSSR count). The van der Waals surface area contributed by atoms with Crippen molar-refractivity contribution in [2.45, 2.75) is 53.0 Å². The second kappa shape index (κ2) is 8.31. The quantitative estimate of drug-likeness (QED) is 0.696. The van der Waals surface area contributed by atoms with Crippen LogP contribution in [0.5, 0.6) is 0 Å². The predicted octanol–water partition coefficient (Wildman–Crippen LogP) is 4.80. The van der Waals surface area contributed by atoms with Crippen molar-refractivity contribution in [3.8, 4) is 0 Å². The van der Waals surface area contributed by atoms with E-state index in [-0.39, 0.29) is 0 Å². The van der Waals surface area contributed by atoms with Crippen molar-refractivity contribution >= 4 is 0 Å².